The summed E-state index contributed by atoms with van der Waals surface area (Å²) in [6.07, 6.45) is 0.102. The van der Waals surface area contributed by atoms with Gasteiger partial charge < -0.3 is 5.32 Å². The molecule has 1 saturated heterocycles. The number of piperidine rings is 1. The molecule has 2 heterocycles. The summed E-state index contributed by atoms with van der Waals surface area (Å²) in [6, 6.07) is 1.03. The minimum atomic E-state index is -1.06. The van der Waals surface area contributed by atoms with Crippen LogP contribution in [-0.2, 0) is 9.59 Å². The van der Waals surface area contributed by atoms with Gasteiger partial charge in [-0.3, -0.25) is 29.4 Å². The van der Waals surface area contributed by atoms with Crippen molar-refractivity contribution in [3.63, 3.8) is 0 Å². The minimum Gasteiger partial charge on any atom is -0.387 e. The van der Waals surface area contributed by atoms with Gasteiger partial charge in [0.25, 0.3) is 11.8 Å². The van der Waals surface area contributed by atoms with Crippen LogP contribution in [0.15, 0.2) is 12.1 Å². The van der Waals surface area contributed by atoms with Crippen LogP contribution in [0.3, 0.4) is 0 Å². The molecule has 114 valence electrons. The molecule has 2 N–H and O–H groups in total. The van der Waals surface area contributed by atoms with Crippen LogP contribution < -0.4 is 10.6 Å². The van der Waals surface area contributed by atoms with Crippen LogP contribution in [0.5, 0.6) is 0 Å². The highest BCUT2D eigenvalue weighted by Gasteiger charge is 2.45. The first-order valence-corrected chi connectivity index (χ1v) is 6.67. The van der Waals surface area contributed by atoms with E-state index in [9.17, 15) is 23.6 Å². The van der Waals surface area contributed by atoms with Crippen molar-refractivity contribution in [2.45, 2.75) is 18.9 Å². The smallest absolute Gasteiger partial charge is 0.264 e. The molecule has 1 aromatic carbocycles. The fourth-order valence-corrected chi connectivity index (χ4v) is 2.76. The van der Waals surface area contributed by atoms with Crippen molar-refractivity contribution < 1.29 is 23.6 Å². The van der Waals surface area contributed by atoms with Crippen LogP contribution in [0.4, 0.5) is 10.1 Å². The van der Waals surface area contributed by atoms with E-state index in [-0.39, 0.29) is 29.7 Å². The molecule has 22 heavy (non-hydrogen) atoms. The van der Waals surface area contributed by atoms with Crippen LogP contribution in [0.1, 0.15) is 33.6 Å². The highest BCUT2D eigenvalue weighted by atomic mass is 19.1. The fraction of sp³-hybridized carbons (Fsp3) is 0.286. The molecule has 7 nitrogen and oxygen atoms in total. The maximum atomic E-state index is 13.6. The largest absolute Gasteiger partial charge is 0.387 e. The highest BCUT2D eigenvalue weighted by molar-refractivity contribution is 6.25. The Morgan fingerprint density at radius 1 is 1.23 bits per heavy atom. The number of hydrogen-bond donors (Lipinski definition) is 2. The Bertz CT molecular complexity index is 731. The second kappa shape index (κ2) is 4.90. The first-order valence-electron chi connectivity index (χ1n) is 6.67. The SMILES string of the molecule is CNc1cc(F)cc2c1C(=O)N([C@H]1CCC(=O)NC1=O)C2=O. The van der Waals surface area contributed by atoms with Crippen molar-refractivity contribution in [3.05, 3.63) is 29.1 Å². The van der Waals surface area contributed by atoms with Crippen molar-refractivity contribution in [2.75, 3.05) is 12.4 Å². The maximum Gasteiger partial charge on any atom is 0.264 e. The standard InChI is InChI=1S/C14H12FN3O4/c1-16-8-5-6(15)4-7-11(8)14(22)18(13(7)21)9-2-3-10(19)17-12(9)20/h4-5,9,16H,2-3H2,1H3,(H,17,19,20)/t9-/m0/s1. The van der Waals surface area contributed by atoms with Gasteiger partial charge in [0, 0.05) is 13.5 Å². The zero-order chi connectivity index (χ0) is 16.0. The molecular weight excluding hydrogens is 293 g/mol. The van der Waals surface area contributed by atoms with E-state index in [1.54, 1.807) is 0 Å². The van der Waals surface area contributed by atoms with E-state index >= 15 is 0 Å². The summed E-state index contributed by atoms with van der Waals surface area (Å²) in [7, 11) is 1.50. The van der Waals surface area contributed by atoms with E-state index in [2.05, 4.69) is 10.6 Å². The number of rotatable bonds is 2. The number of carbonyl (C=O) groups excluding carboxylic acids is 4. The predicted molar refractivity (Wildman–Crippen MR) is 72.6 cm³/mol. The quantitative estimate of drug-likeness (QED) is 0.765. The van der Waals surface area contributed by atoms with Crippen LogP contribution in [-0.4, -0.2) is 41.6 Å². The molecular formula is C14H12FN3O4. The maximum absolute atomic E-state index is 13.6. The van der Waals surface area contributed by atoms with Crippen LogP contribution in [0, 0.1) is 5.82 Å². The summed E-state index contributed by atoms with van der Waals surface area (Å²) in [5.74, 6) is -3.20. The third-order valence-corrected chi connectivity index (χ3v) is 3.78. The van der Waals surface area contributed by atoms with Gasteiger partial charge in [-0.2, -0.15) is 0 Å². The topological polar surface area (TPSA) is 95.6 Å². The molecule has 0 radical (unpaired) electrons. The first kappa shape index (κ1) is 14.2. The van der Waals surface area contributed by atoms with Gasteiger partial charge in [-0.05, 0) is 18.6 Å². The fourth-order valence-electron chi connectivity index (χ4n) is 2.76. The lowest BCUT2D eigenvalue weighted by atomic mass is 10.0. The zero-order valence-electron chi connectivity index (χ0n) is 11.6. The molecule has 0 aliphatic carbocycles. The third kappa shape index (κ3) is 1.95. The second-order valence-corrected chi connectivity index (χ2v) is 5.07. The molecule has 0 bridgehead atoms. The number of imide groups is 2. The van der Waals surface area contributed by atoms with Gasteiger partial charge in [-0.15, -0.1) is 0 Å². The van der Waals surface area contributed by atoms with Gasteiger partial charge in [0.15, 0.2) is 0 Å². The highest BCUT2D eigenvalue weighted by Crippen LogP contribution is 2.32. The normalized spacial score (nSPS) is 21.0. The first-order chi connectivity index (χ1) is 10.4. The van der Waals surface area contributed by atoms with Crippen molar-refractivity contribution in [1.82, 2.24) is 10.2 Å². The van der Waals surface area contributed by atoms with Crippen LogP contribution in [0.25, 0.3) is 0 Å². The lowest BCUT2D eigenvalue weighted by Gasteiger charge is -2.27. The Morgan fingerprint density at radius 3 is 2.59 bits per heavy atom. The Morgan fingerprint density at radius 2 is 1.95 bits per heavy atom. The Balaban J connectivity index is 2.04. The Kier molecular flexibility index (Phi) is 3.16. The van der Waals surface area contributed by atoms with E-state index in [1.165, 1.54) is 7.05 Å². The van der Waals surface area contributed by atoms with Gasteiger partial charge in [-0.25, -0.2) is 4.39 Å². The molecule has 2 aliphatic heterocycles. The molecule has 1 atom stereocenters. The molecule has 0 saturated carbocycles. The molecule has 2 aliphatic rings. The number of amides is 4. The lowest BCUT2D eigenvalue weighted by Crippen LogP contribution is -2.54. The average molecular weight is 305 g/mol. The Labute approximate surface area is 124 Å². The molecule has 1 fully saturated rings. The lowest BCUT2D eigenvalue weighted by molar-refractivity contribution is -0.136. The molecule has 0 aromatic heterocycles. The zero-order valence-corrected chi connectivity index (χ0v) is 11.6. The van der Waals surface area contributed by atoms with Gasteiger partial charge >= 0.3 is 0 Å². The van der Waals surface area contributed by atoms with Gasteiger partial charge in [0.1, 0.15) is 11.9 Å². The van der Waals surface area contributed by atoms with Gasteiger partial charge in [0.2, 0.25) is 11.8 Å². The summed E-state index contributed by atoms with van der Waals surface area (Å²) in [5, 5.41) is 4.77. The van der Waals surface area contributed by atoms with Crippen molar-refractivity contribution in [3.8, 4) is 0 Å². The molecule has 1 aromatic rings. The average Bonchev–Trinajstić information content (AvgIpc) is 2.71. The van der Waals surface area contributed by atoms with E-state index in [1.807, 2.05) is 0 Å². The number of nitrogens with zero attached hydrogens (tertiary/aromatic N) is 1. The predicted octanol–water partition coefficient (Wildman–Crippen LogP) is 0.269. The van der Waals surface area contributed by atoms with E-state index < -0.39 is 35.5 Å². The van der Waals surface area contributed by atoms with E-state index in [0.717, 1.165) is 17.0 Å². The van der Waals surface area contributed by atoms with Gasteiger partial charge in [-0.1, -0.05) is 0 Å². The number of anilines is 1. The van der Waals surface area contributed by atoms with Crippen molar-refractivity contribution in [2.24, 2.45) is 0 Å². The summed E-state index contributed by atoms with van der Waals surface area (Å²) in [5.41, 5.74) is 0.140. The molecule has 0 spiro atoms. The van der Waals surface area contributed by atoms with Crippen molar-refractivity contribution >= 4 is 29.3 Å². The monoisotopic (exact) mass is 305 g/mol. The summed E-state index contributed by atoms with van der Waals surface area (Å²) >= 11 is 0. The van der Waals surface area contributed by atoms with Crippen molar-refractivity contribution in [1.29, 1.82) is 0 Å². The molecule has 8 heteroatoms. The van der Waals surface area contributed by atoms with Gasteiger partial charge in [0.05, 0.1) is 16.8 Å². The molecule has 3 rings (SSSR count). The number of halogens is 1. The molecule has 0 unspecified atom stereocenters. The number of hydrogen-bond acceptors (Lipinski definition) is 5. The van der Waals surface area contributed by atoms with E-state index in [0.29, 0.717) is 0 Å². The second-order valence-electron chi connectivity index (χ2n) is 5.07. The summed E-state index contributed by atoms with van der Waals surface area (Å²) < 4.78 is 13.6. The number of nitrogens with one attached hydrogen (secondary N) is 2. The summed E-state index contributed by atoms with van der Waals surface area (Å²) in [6.45, 7) is 0. The van der Waals surface area contributed by atoms with Crippen LogP contribution in [0.2, 0.25) is 0 Å². The number of benzene rings is 1. The molecule has 4 amide bonds. The minimum absolute atomic E-state index is 0.0387. The number of fused-ring (bicyclic) bond motifs is 1. The Hall–Kier alpha value is -2.77. The van der Waals surface area contributed by atoms with Crippen LogP contribution >= 0.6 is 0 Å². The van der Waals surface area contributed by atoms with E-state index in [4.69, 9.17) is 0 Å². The summed E-state index contributed by atoms with van der Waals surface area (Å²) in [4.78, 5) is 48.8. The number of carbonyl (C=O) groups is 4. The third-order valence-electron chi connectivity index (χ3n) is 3.78.